The average Bonchev–Trinajstić information content (AvgIpc) is 3.34. The maximum Gasteiger partial charge on any atom is 0.274 e. The van der Waals surface area contributed by atoms with Crippen LogP contribution in [0.4, 0.5) is 0 Å². The van der Waals surface area contributed by atoms with E-state index in [1.165, 1.54) is 11.1 Å². The standard InChI is InChI=1S/C21H23N5O/c1-14-6-3-4-7-16(14)20-17-13-25(12-15(17)11-24(20)2)21(27)18-10-22-19-8-5-9-23-26(18)19/h3-10,15,17,20H,11-13H2,1-2H3/t15-,17+,20+/m0/s1. The molecule has 3 atom stereocenters. The summed E-state index contributed by atoms with van der Waals surface area (Å²) in [5, 5.41) is 4.29. The van der Waals surface area contributed by atoms with Crippen LogP contribution in [0.25, 0.3) is 5.65 Å². The molecule has 4 heterocycles. The van der Waals surface area contributed by atoms with Gasteiger partial charge in [0.05, 0.1) is 6.20 Å². The summed E-state index contributed by atoms with van der Waals surface area (Å²) < 4.78 is 1.64. The van der Waals surface area contributed by atoms with Crippen LogP contribution in [-0.2, 0) is 0 Å². The zero-order valence-corrected chi connectivity index (χ0v) is 15.6. The summed E-state index contributed by atoms with van der Waals surface area (Å²) in [6.07, 6.45) is 3.33. The number of hydrogen-bond donors (Lipinski definition) is 0. The number of imidazole rings is 1. The second kappa shape index (κ2) is 6.16. The summed E-state index contributed by atoms with van der Waals surface area (Å²) in [5.41, 5.74) is 3.97. The molecule has 0 spiro atoms. The molecule has 5 rings (SSSR count). The van der Waals surface area contributed by atoms with E-state index in [4.69, 9.17) is 0 Å². The molecule has 2 aliphatic rings. The fourth-order valence-corrected chi connectivity index (χ4v) is 4.95. The van der Waals surface area contributed by atoms with Crippen molar-refractivity contribution in [3.05, 3.63) is 65.6 Å². The minimum Gasteiger partial charge on any atom is -0.337 e. The molecule has 1 amide bonds. The number of amides is 1. The Morgan fingerprint density at radius 3 is 2.81 bits per heavy atom. The topological polar surface area (TPSA) is 53.7 Å². The molecular weight excluding hydrogens is 338 g/mol. The number of likely N-dealkylation sites (tertiary alicyclic amines) is 2. The van der Waals surface area contributed by atoms with Crippen LogP contribution >= 0.6 is 0 Å². The lowest BCUT2D eigenvalue weighted by Crippen LogP contribution is -2.34. The van der Waals surface area contributed by atoms with E-state index >= 15 is 0 Å². The van der Waals surface area contributed by atoms with Crippen molar-refractivity contribution < 1.29 is 4.79 Å². The van der Waals surface area contributed by atoms with Crippen LogP contribution in [0.2, 0.25) is 0 Å². The van der Waals surface area contributed by atoms with Crippen LogP contribution in [-0.4, -0.2) is 57.0 Å². The molecule has 0 N–H and O–H groups in total. The number of carbonyl (C=O) groups excluding carboxylic acids is 1. The number of carbonyl (C=O) groups is 1. The summed E-state index contributed by atoms with van der Waals surface area (Å²) in [6.45, 7) is 4.79. The monoisotopic (exact) mass is 361 g/mol. The Labute approximate surface area is 158 Å². The molecule has 138 valence electrons. The first-order chi connectivity index (χ1) is 13.1. The minimum absolute atomic E-state index is 0.0294. The van der Waals surface area contributed by atoms with Gasteiger partial charge < -0.3 is 4.90 Å². The van der Waals surface area contributed by atoms with Gasteiger partial charge in [-0.3, -0.25) is 9.69 Å². The first kappa shape index (κ1) is 16.4. The van der Waals surface area contributed by atoms with Crippen molar-refractivity contribution in [1.29, 1.82) is 0 Å². The fourth-order valence-electron chi connectivity index (χ4n) is 4.95. The second-order valence-electron chi connectivity index (χ2n) is 7.81. The third kappa shape index (κ3) is 2.55. The first-order valence-corrected chi connectivity index (χ1v) is 9.47. The van der Waals surface area contributed by atoms with E-state index in [1.807, 2.05) is 17.0 Å². The maximum atomic E-state index is 13.2. The van der Waals surface area contributed by atoms with E-state index in [0.29, 0.717) is 29.2 Å². The Morgan fingerprint density at radius 2 is 1.96 bits per heavy atom. The van der Waals surface area contributed by atoms with Crippen molar-refractivity contribution in [2.24, 2.45) is 11.8 Å². The largest absolute Gasteiger partial charge is 0.337 e. The molecule has 3 aromatic rings. The first-order valence-electron chi connectivity index (χ1n) is 9.47. The highest BCUT2D eigenvalue weighted by molar-refractivity contribution is 5.93. The van der Waals surface area contributed by atoms with E-state index in [2.05, 4.69) is 53.2 Å². The van der Waals surface area contributed by atoms with Gasteiger partial charge in [0.25, 0.3) is 5.91 Å². The van der Waals surface area contributed by atoms with Crippen LogP contribution in [0.15, 0.2) is 48.8 Å². The van der Waals surface area contributed by atoms with Crippen LogP contribution < -0.4 is 0 Å². The quantitative estimate of drug-likeness (QED) is 0.703. The molecule has 0 radical (unpaired) electrons. The molecular formula is C21H23N5O. The number of aryl methyl sites for hydroxylation is 1. The van der Waals surface area contributed by atoms with E-state index < -0.39 is 0 Å². The van der Waals surface area contributed by atoms with Crippen LogP contribution in [0.3, 0.4) is 0 Å². The van der Waals surface area contributed by atoms with Crippen molar-refractivity contribution in [2.75, 3.05) is 26.7 Å². The number of fused-ring (bicyclic) bond motifs is 2. The van der Waals surface area contributed by atoms with E-state index in [9.17, 15) is 4.79 Å². The van der Waals surface area contributed by atoms with Gasteiger partial charge in [-0.1, -0.05) is 24.3 Å². The van der Waals surface area contributed by atoms with Crippen LogP contribution in [0.5, 0.6) is 0 Å². The highest BCUT2D eigenvalue weighted by Gasteiger charge is 2.47. The molecule has 1 aromatic carbocycles. The highest BCUT2D eigenvalue weighted by atomic mass is 16.2. The van der Waals surface area contributed by atoms with Gasteiger partial charge >= 0.3 is 0 Å². The van der Waals surface area contributed by atoms with Gasteiger partial charge in [-0.25, -0.2) is 9.50 Å². The predicted molar refractivity (Wildman–Crippen MR) is 102 cm³/mol. The van der Waals surface area contributed by atoms with Crippen LogP contribution in [0, 0.1) is 18.8 Å². The van der Waals surface area contributed by atoms with Gasteiger partial charge in [-0.15, -0.1) is 0 Å². The molecule has 2 aromatic heterocycles. The van der Waals surface area contributed by atoms with Gasteiger partial charge in [-0.2, -0.15) is 5.10 Å². The number of aromatic nitrogens is 3. The SMILES string of the molecule is Cc1ccccc1[C@@H]1[C@@H]2CN(C(=O)c3cnc4cccnn34)C[C@@H]2CN1C. The lowest BCUT2D eigenvalue weighted by molar-refractivity contribution is 0.0759. The van der Waals surface area contributed by atoms with Gasteiger partial charge in [0, 0.05) is 37.8 Å². The van der Waals surface area contributed by atoms with Crippen molar-refractivity contribution in [2.45, 2.75) is 13.0 Å². The zero-order chi connectivity index (χ0) is 18.5. The summed E-state index contributed by atoms with van der Waals surface area (Å²) in [7, 11) is 2.20. The minimum atomic E-state index is 0.0294. The summed E-state index contributed by atoms with van der Waals surface area (Å²) in [4.78, 5) is 21.9. The van der Waals surface area contributed by atoms with E-state index in [-0.39, 0.29) is 5.91 Å². The normalized spacial score (nSPS) is 25.3. The molecule has 0 aliphatic carbocycles. The number of benzene rings is 1. The Kier molecular flexibility index (Phi) is 3.75. The Morgan fingerprint density at radius 1 is 1.11 bits per heavy atom. The van der Waals surface area contributed by atoms with Crippen LogP contribution in [0.1, 0.15) is 27.7 Å². The van der Waals surface area contributed by atoms with Gasteiger partial charge in [0.1, 0.15) is 0 Å². The Hall–Kier alpha value is -2.73. The predicted octanol–water partition coefficient (Wildman–Crippen LogP) is 2.41. The Bertz CT molecular complexity index is 1010. The van der Waals surface area contributed by atoms with Gasteiger partial charge in [0.2, 0.25) is 0 Å². The molecule has 6 heteroatoms. The summed E-state index contributed by atoms with van der Waals surface area (Å²) >= 11 is 0. The van der Waals surface area contributed by atoms with Gasteiger partial charge in [-0.05, 0) is 43.1 Å². The number of hydrogen-bond acceptors (Lipinski definition) is 4. The molecule has 2 fully saturated rings. The van der Waals surface area contributed by atoms with E-state index in [1.54, 1.807) is 16.9 Å². The van der Waals surface area contributed by atoms with Gasteiger partial charge in [0.15, 0.2) is 11.3 Å². The summed E-state index contributed by atoms with van der Waals surface area (Å²) in [5.74, 6) is 1.00. The lowest BCUT2D eigenvalue weighted by Gasteiger charge is -2.28. The number of rotatable bonds is 2. The molecule has 0 unspecified atom stereocenters. The number of nitrogens with zero attached hydrogens (tertiary/aromatic N) is 5. The highest BCUT2D eigenvalue weighted by Crippen LogP contribution is 2.45. The lowest BCUT2D eigenvalue weighted by atomic mass is 9.88. The smallest absolute Gasteiger partial charge is 0.274 e. The Balaban J connectivity index is 1.43. The molecule has 27 heavy (non-hydrogen) atoms. The summed E-state index contributed by atoms with van der Waals surface area (Å²) in [6, 6.07) is 12.7. The molecule has 0 bridgehead atoms. The molecule has 0 saturated carbocycles. The average molecular weight is 361 g/mol. The fraction of sp³-hybridized carbons (Fsp3) is 0.381. The van der Waals surface area contributed by atoms with Crippen molar-refractivity contribution in [3.8, 4) is 0 Å². The molecule has 2 aliphatic heterocycles. The third-order valence-corrected chi connectivity index (χ3v) is 6.19. The van der Waals surface area contributed by atoms with Crippen molar-refractivity contribution in [3.63, 3.8) is 0 Å². The van der Waals surface area contributed by atoms with Crippen molar-refractivity contribution >= 4 is 11.6 Å². The van der Waals surface area contributed by atoms with Crippen molar-refractivity contribution in [1.82, 2.24) is 24.4 Å². The molecule has 6 nitrogen and oxygen atoms in total. The third-order valence-electron chi connectivity index (χ3n) is 6.19. The maximum absolute atomic E-state index is 13.2. The zero-order valence-electron chi connectivity index (χ0n) is 15.6. The van der Waals surface area contributed by atoms with E-state index in [0.717, 1.165) is 19.6 Å². The second-order valence-corrected chi connectivity index (χ2v) is 7.81. The molecule has 2 saturated heterocycles.